The highest BCUT2D eigenvalue weighted by Gasteiger charge is 2.28. The number of aromatic nitrogens is 1. The monoisotopic (exact) mass is 425 g/mol. The molecule has 2 N–H and O–H groups in total. The molecule has 1 aromatic heterocycles. The van der Waals surface area contributed by atoms with E-state index in [2.05, 4.69) is 10.3 Å². The fraction of sp³-hybridized carbons (Fsp3) is 0.273. The van der Waals surface area contributed by atoms with Gasteiger partial charge in [0.2, 0.25) is 5.91 Å². The number of non-ortho nitro benzene ring substituents is 1. The molecule has 0 aliphatic rings. The van der Waals surface area contributed by atoms with E-state index in [0.717, 1.165) is 0 Å². The number of pyridine rings is 1. The number of benzene rings is 2. The van der Waals surface area contributed by atoms with E-state index in [4.69, 9.17) is 9.47 Å². The zero-order chi connectivity index (χ0) is 22.7. The lowest BCUT2D eigenvalue weighted by Crippen LogP contribution is -2.32. The summed E-state index contributed by atoms with van der Waals surface area (Å²) < 4.78 is 10.6. The van der Waals surface area contributed by atoms with Gasteiger partial charge in [0.15, 0.2) is 11.5 Å². The van der Waals surface area contributed by atoms with Crippen molar-refractivity contribution >= 4 is 22.5 Å². The Hall–Kier alpha value is -3.88. The number of fused-ring (bicyclic) bond motifs is 1. The van der Waals surface area contributed by atoms with Crippen molar-refractivity contribution in [1.29, 1.82) is 0 Å². The summed E-state index contributed by atoms with van der Waals surface area (Å²) >= 11 is 0. The maximum Gasteiger partial charge on any atom is 0.279 e. The topological polar surface area (TPSA) is 124 Å². The summed E-state index contributed by atoms with van der Waals surface area (Å²) in [5.74, 6) is 0.0126. The molecule has 0 saturated carbocycles. The van der Waals surface area contributed by atoms with Gasteiger partial charge in [-0.2, -0.15) is 0 Å². The van der Waals surface area contributed by atoms with Crippen molar-refractivity contribution in [1.82, 2.24) is 10.3 Å². The number of methoxy groups -OCH3 is 2. The third-order valence-electron chi connectivity index (χ3n) is 4.93. The van der Waals surface area contributed by atoms with Crippen LogP contribution in [-0.4, -0.2) is 35.1 Å². The van der Waals surface area contributed by atoms with Gasteiger partial charge in [-0.05, 0) is 29.8 Å². The molecule has 1 amide bonds. The van der Waals surface area contributed by atoms with E-state index in [1.165, 1.54) is 32.5 Å². The molecule has 1 atom stereocenters. The predicted molar refractivity (Wildman–Crippen MR) is 114 cm³/mol. The quantitative estimate of drug-likeness (QED) is 0.437. The summed E-state index contributed by atoms with van der Waals surface area (Å²) in [6.07, 6.45) is 1.44. The molecule has 31 heavy (non-hydrogen) atoms. The van der Waals surface area contributed by atoms with Crippen LogP contribution < -0.4 is 14.8 Å². The first-order chi connectivity index (χ1) is 14.8. The number of hydrogen-bond acceptors (Lipinski definition) is 7. The Morgan fingerprint density at radius 2 is 1.87 bits per heavy atom. The molecule has 9 nitrogen and oxygen atoms in total. The van der Waals surface area contributed by atoms with Crippen molar-refractivity contribution in [2.24, 2.45) is 5.92 Å². The van der Waals surface area contributed by atoms with Gasteiger partial charge in [-0.3, -0.25) is 19.9 Å². The molecule has 0 unspecified atom stereocenters. The minimum absolute atomic E-state index is 0.0796. The molecule has 0 fully saturated rings. The summed E-state index contributed by atoms with van der Waals surface area (Å²) in [6, 6.07) is 8.45. The molecule has 0 radical (unpaired) electrons. The fourth-order valence-electron chi connectivity index (χ4n) is 3.28. The molecule has 0 spiro atoms. The Labute approximate surface area is 178 Å². The molecule has 162 valence electrons. The molecule has 2 aromatic carbocycles. The lowest BCUT2D eigenvalue weighted by atomic mass is 9.94. The highest BCUT2D eigenvalue weighted by molar-refractivity contribution is 5.94. The van der Waals surface area contributed by atoms with Crippen molar-refractivity contribution in [2.45, 2.75) is 19.9 Å². The van der Waals surface area contributed by atoms with E-state index in [-0.39, 0.29) is 39.7 Å². The van der Waals surface area contributed by atoms with Crippen molar-refractivity contribution < 1.29 is 24.3 Å². The zero-order valence-corrected chi connectivity index (χ0v) is 17.6. The minimum atomic E-state index is -0.889. The van der Waals surface area contributed by atoms with Crippen LogP contribution in [0.1, 0.15) is 31.0 Å². The smallest absolute Gasteiger partial charge is 0.279 e. The molecule has 9 heteroatoms. The highest BCUT2D eigenvalue weighted by atomic mass is 16.6. The maximum atomic E-state index is 12.6. The number of ether oxygens (including phenoxy) is 2. The van der Waals surface area contributed by atoms with E-state index in [1.54, 1.807) is 38.1 Å². The lowest BCUT2D eigenvalue weighted by Gasteiger charge is -2.23. The molecule has 3 aromatic rings. The van der Waals surface area contributed by atoms with Gasteiger partial charge in [-0.1, -0.05) is 19.9 Å². The van der Waals surface area contributed by atoms with Crippen LogP contribution in [0.2, 0.25) is 0 Å². The summed E-state index contributed by atoms with van der Waals surface area (Å²) in [5, 5.41) is 25.8. The first-order valence-electron chi connectivity index (χ1n) is 9.55. The standard InChI is InChI=1S/C22H23N3O6/c1-12(2)22(27)24-19(13-7-8-17(30-3)18(10-13)31-4)15-11-16(25(28)29)14-6-5-9-23-20(14)21(15)26/h5-12,19,26H,1-4H3,(H,24,27)/t19-/m0/s1. The molecule has 0 aliphatic heterocycles. The third kappa shape index (κ3) is 4.20. The summed E-state index contributed by atoms with van der Waals surface area (Å²) in [5.41, 5.74) is 0.557. The summed E-state index contributed by atoms with van der Waals surface area (Å²) in [4.78, 5) is 27.9. The second-order valence-corrected chi connectivity index (χ2v) is 7.20. The molecular weight excluding hydrogens is 402 g/mol. The fourth-order valence-corrected chi connectivity index (χ4v) is 3.28. The number of phenolic OH excluding ortho intramolecular Hbond substituents is 1. The number of carbonyl (C=O) groups excluding carboxylic acids is 1. The van der Waals surface area contributed by atoms with Crippen LogP contribution in [0.5, 0.6) is 17.2 Å². The second-order valence-electron chi connectivity index (χ2n) is 7.20. The van der Waals surface area contributed by atoms with E-state index in [1.807, 2.05) is 0 Å². The Bertz CT molecular complexity index is 1150. The first kappa shape index (κ1) is 21.8. The summed E-state index contributed by atoms with van der Waals surface area (Å²) in [6.45, 7) is 3.45. The molecule has 3 rings (SSSR count). The van der Waals surface area contributed by atoms with Gasteiger partial charge in [0.1, 0.15) is 11.3 Å². The Balaban J connectivity index is 2.28. The van der Waals surface area contributed by atoms with Gasteiger partial charge >= 0.3 is 0 Å². The van der Waals surface area contributed by atoms with Crippen LogP contribution in [0.25, 0.3) is 10.9 Å². The van der Waals surface area contributed by atoms with E-state index in [9.17, 15) is 20.0 Å². The SMILES string of the molecule is COc1ccc([C@H](NC(=O)C(C)C)c2cc([N+](=O)[O-])c3cccnc3c2O)cc1OC. The van der Waals surface area contributed by atoms with Crippen molar-refractivity contribution in [3.8, 4) is 17.2 Å². The molecule has 0 aliphatic carbocycles. The van der Waals surface area contributed by atoms with Crippen molar-refractivity contribution in [3.05, 3.63) is 63.8 Å². The number of nitro benzene ring substituents is 1. The number of rotatable bonds is 7. The maximum absolute atomic E-state index is 12.6. The number of aromatic hydroxyl groups is 1. The Morgan fingerprint density at radius 3 is 2.48 bits per heavy atom. The van der Waals surface area contributed by atoms with Crippen molar-refractivity contribution in [2.75, 3.05) is 14.2 Å². The van der Waals surface area contributed by atoms with E-state index < -0.39 is 11.0 Å². The predicted octanol–water partition coefficient (Wildman–Crippen LogP) is 3.73. The average molecular weight is 425 g/mol. The highest BCUT2D eigenvalue weighted by Crippen LogP contribution is 2.41. The number of hydrogen-bond donors (Lipinski definition) is 2. The number of amides is 1. The van der Waals surface area contributed by atoms with Gasteiger partial charge in [-0.15, -0.1) is 0 Å². The van der Waals surface area contributed by atoms with Crippen LogP contribution >= 0.6 is 0 Å². The number of nitrogens with one attached hydrogen (secondary N) is 1. The van der Waals surface area contributed by atoms with Crippen LogP contribution in [0.15, 0.2) is 42.6 Å². The molecule has 0 saturated heterocycles. The zero-order valence-electron chi connectivity index (χ0n) is 17.6. The largest absolute Gasteiger partial charge is 0.505 e. The Kier molecular flexibility index (Phi) is 6.24. The van der Waals surface area contributed by atoms with Crippen LogP contribution in [0.3, 0.4) is 0 Å². The van der Waals surface area contributed by atoms with Gasteiger partial charge in [0.25, 0.3) is 5.69 Å². The average Bonchev–Trinajstić information content (AvgIpc) is 2.77. The number of nitro groups is 1. The van der Waals surface area contributed by atoms with Gasteiger partial charge in [0, 0.05) is 23.7 Å². The van der Waals surface area contributed by atoms with Gasteiger partial charge < -0.3 is 19.9 Å². The van der Waals surface area contributed by atoms with Crippen LogP contribution in [0, 0.1) is 16.0 Å². The summed E-state index contributed by atoms with van der Waals surface area (Å²) in [7, 11) is 2.98. The first-order valence-corrected chi connectivity index (χ1v) is 9.55. The van der Waals surface area contributed by atoms with E-state index >= 15 is 0 Å². The minimum Gasteiger partial charge on any atom is -0.505 e. The number of carbonyl (C=O) groups is 1. The van der Waals surface area contributed by atoms with Gasteiger partial charge in [-0.25, -0.2) is 0 Å². The normalized spacial score (nSPS) is 11.9. The number of nitrogens with zero attached hydrogens (tertiary/aromatic N) is 2. The van der Waals surface area contributed by atoms with E-state index in [0.29, 0.717) is 17.1 Å². The molecular formula is C22H23N3O6. The molecule has 0 bridgehead atoms. The van der Waals surface area contributed by atoms with Crippen LogP contribution in [-0.2, 0) is 4.79 Å². The van der Waals surface area contributed by atoms with Crippen LogP contribution in [0.4, 0.5) is 5.69 Å². The van der Waals surface area contributed by atoms with Gasteiger partial charge in [0.05, 0.1) is 30.6 Å². The second kappa shape index (κ2) is 8.86. The molecule has 1 heterocycles. The third-order valence-corrected chi connectivity index (χ3v) is 4.93. The number of phenols is 1. The lowest BCUT2D eigenvalue weighted by molar-refractivity contribution is -0.383. The van der Waals surface area contributed by atoms with Crippen molar-refractivity contribution in [3.63, 3.8) is 0 Å². The Morgan fingerprint density at radius 1 is 1.16 bits per heavy atom.